The number of benzene rings is 3. The highest BCUT2D eigenvalue weighted by Crippen LogP contribution is 2.55. The summed E-state index contributed by atoms with van der Waals surface area (Å²) in [5.74, 6) is -0.206. The van der Waals surface area contributed by atoms with Crippen LogP contribution >= 0.6 is 7.60 Å². The molecule has 1 saturated heterocycles. The third-order valence-corrected chi connectivity index (χ3v) is 7.76. The van der Waals surface area contributed by atoms with E-state index in [0.717, 1.165) is 18.7 Å². The van der Waals surface area contributed by atoms with Crippen LogP contribution in [0.1, 0.15) is 18.4 Å². The Balaban J connectivity index is 1.59. The van der Waals surface area contributed by atoms with Crippen LogP contribution < -0.4 is 19.7 Å². The lowest BCUT2D eigenvalue weighted by atomic mass is 9.98. The predicted octanol–water partition coefficient (Wildman–Crippen LogP) is 5.59. The zero-order valence-corrected chi connectivity index (χ0v) is 19.7. The van der Waals surface area contributed by atoms with E-state index >= 15 is 0 Å². The van der Waals surface area contributed by atoms with Crippen LogP contribution in [-0.4, -0.2) is 25.0 Å². The fraction of sp³-hybridized carbons (Fsp3) is 0.269. The van der Waals surface area contributed by atoms with E-state index in [2.05, 4.69) is 10.6 Å². The predicted molar refractivity (Wildman–Crippen MR) is 131 cm³/mol. The lowest BCUT2D eigenvalue weighted by Gasteiger charge is -2.35. The van der Waals surface area contributed by atoms with E-state index in [0.29, 0.717) is 24.3 Å². The molecule has 1 atom stereocenters. The van der Waals surface area contributed by atoms with Gasteiger partial charge in [-0.3, -0.25) is 0 Å². The topological polar surface area (TPSA) is 85.9 Å². The van der Waals surface area contributed by atoms with Gasteiger partial charge in [-0.15, -0.1) is 0 Å². The molecule has 1 heterocycles. The SMILES string of the molecule is O=C(NC(C1CCNCC1)P(=O)(Oc1ccccc1)Oc1ccccc1)OCc1ccccc1. The molecule has 4 rings (SSSR count). The lowest BCUT2D eigenvalue weighted by molar-refractivity contribution is 0.132. The molecule has 0 aromatic heterocycles. The molecular formula is C26H29N2O5P. The van der Waals surface area contributed by atoms with Gasteiger partial charge in [0.2, 0.25) is 0 Å². The maximum Gasteiger partial charge on any atom is 0.453 e. The summed E-state index contributed by atoms with van der Waals surface area (Å²) >= 11 is 0. The van der Waals surface area contributed by atoms with Gasteiger partial charge in [0.25, 0.3) is 0 Å². The van der Waals surface area contributed by atoms with Gasteiger partial charge in [-0.05, 0) is 61.7 Å². The molecule has 0 radical (unpaired) electrons. The Hall–Kier alpha value is -3.28. The Morgan fingerprint density at radius 1 is 0.853 bits per heavy atom. The number of rotatable bonds is 9. The van der Waals surface area contributed by atoms with Crippen LogP contribution in [0.2, 0.25) is 0 Å². The third-order valence-electron chi connectivity index (χ3n) is 5.60. The molecule has 7 nitrogen and oxygen atoms in total. The molecule has 1 aliphatic rings. The van der Waals surface area contributed by atoms with Gasteiger partial charge in [0.15, 0.2) is 5.78 Å². The average Bonchev–Trinajstić information content (AvgIpc) is 2.88. The maximum atomic E-state index is 14.4. The number of carbonyl (C=O) groups excluding carboxylic acids is 1. The number of amides is 1. The minimum atomic E-state index is -3.93. The Kier molecular flexibility index (Phi) is 8.23. The second kappa shape index (κ2) is 11.7. The van der Waals surface area contributed by atoms with Crippen molar-refractivity contribution in [2.45, 2.75) is 25.2 Å². The number of carbonyl (C=O) groups is 1. The summed E-state index contributed by atoms with van der Waals surface area (Å²) in [5, 5.41) is 6.14. The molecule has 0 saturated carbocycles. The lowest BCUT2D eigenvalue weighted by Crippen LogP contribution is -2.46. The van der Waals surface area contributed by atoms with Crippen LogP contribution in [-0.2, 0) is 15.9 Å². The molecule has 3 aromatic rings. The molecule has 1 amide bonds. The van der Waals surface area contributed by atoms with Crippen LogP contribution in [0.4, 0.5) is 4.79 Å². The van der Waals surface area contributed by atoms with E-state index in [1.54, 1.807) is 48.5 Å². The highest BCUT2D eigenvalue weighted by atomic mass is 31.2. The normalized spacial score (nSPS) is 15.2. The number of piperidine rings is 1. The Morgan fingerprint density at radius 3 is 1.88 bits per heavy atom. The van der Waals surface area contributed by atoms with Crippen molar-refractivity contribution < 1.29 is 23.1 Å². The zero-order valence-electron chi connectivity index (χ0n) is 18.8. The van der Waals surface area contributed by atoms with Crippen LogP contribution in [0.15, 0.2) is 91.0 Å². The highest BCUT2D eigenvalue weighted by Gasteiger charge is 2.46. The van der Waals surface area contributed by atoms with Gasteiger partial charge < -0.3 is 24.4 Å². The van der Waals surface area contributed by atoms with Crippen LogP contribution in [0.3, 0.4) is 0 Å². The van der Waals surface area contributed by atoms with Crippen LogP contribution in [0, 0.1) is 5.92 Å². The Bertz CT molecular complexity index is 1030. The second-order valence-electron chi connectivity index (χ2n) is 8.09. The smallest absolute Gasteiger partial charge is 0.445 e. The van der Waals surface area contributed by atoms with Gasteiger partial charge in [-0.2, -0.15) is 0 Å². The first-order valence-corrected chi connectivity index (χ1v) is 13.0. The van der Waals surface area contributed by atoms with Crippen molar-refractivity contribution >= 4 is 13.7 Å². The van der Waals surface area contributed by atoms with Gasteiger partial charge >= 0.3 is 13.7 Å². The summed E-state index contributed by atoms with van der Waals surface area (Å²) in [6.07, 6.45) is 0.759. The number of ether oxygens (including phenoxy) is 1. The fourth-order valence-electron chi connectivity index (χ4n) is 3.89. The maximum absolute atomic E-state index is 14.4. The van der Waals surface area contributed by atoms with Gasteiger partial charge in [0.05, 0.1) is 0 Å². The summed E-state index contributed by atoms with van der Waals surface area (Å²) in [6.45, 7) is 1.60. The Morgan fingerprint density at radius 2 is 1.35 bits per heavy atom. The average molecular weight is 481 g/mol. The second-order valence-corrected chi connectivity index (χ2v) is 10.1. The standard InChI is InChI=1S/C26H29N2O5P/c29-26(31-20-21-10-4-1-5-11-21)28-25(22-16-18-27-19-17-22)34(30,32-23-12-6-2-7-13-23)33-24-14-8-3-9-15-24/h1-15,22,25,27H,16-20H2,(H,28,29). The highest BCUT2D eigenvalue weighted by molar-refractivity contribution is 7.55. The number of alkyl carbamates (subject to hydrolysis) is 1. The van der Waals surface area contributed by atoms with E-state index in [4.69, 9.17) is 13.8 Å². The van der Waals surface area contributed by atoms with Gasteiger partial charge in [-0.25, -0.2) is 9.36 Å². The van der Waals surface area contributed by atoms with Crippen molar-refractivity contribution in [2.24, 2.45) is 5.92 Å². The number of nitrogens with one attached hydrogen (secondary N) is 2. The summed E-state index contributed by atoms with van der Waals surface area (Å²) in [5.41, 5.74) is 0.861. The fourth-order valence-corrected chi connectivity index (χ4v) is 6.06. The molecule has 1 aliphatic heterocycles. The van der Waals surface area contributed by atoms with Crippen LogP contribution in [0.25, 0.3) is 0 Å². The molecule has 0 bridgehead atoms. The first-order chi connectivity index (χ1) is 16.6. The van der Waals surface area contributed by atoms with Crippen molar-refractivity contribution in [3.8, 4) is 11.5 Å². The molecule has 8 heteroatoms. The van der Waals surface area contributed by atoms with Crippen molar-refractivity contribution in [3.05, 3.63) is 96.6 Å². The zero-order chi connectivity index (χ0) is 23.6. The number of hydrogen-bond acceptors (Lipinski definition) is 6. The van der Waals surface area contributed by atoms with E-state index < -0.39 is 19.5 Å². The van der Waals surface area contributed by atoms with E-state index in [-0.39, 0.29) is 12.5 Å². The minimum Gasteiger partial charge on any atom is -0.445 e. The van der Waals surface area contributed by atoms with Crippen LogP contribution in [0.5, 0.6) is 11.5 Å². The summed E-state index contributed by atoms with van der Waals surface area (Å²) in [6, 6.07) is 27.1. The molecule has 1 fully saturated rings. The first-order valence-electron chi connectivity index (χ1n) is 11.4. The molecular weight excluding hydrogens is 451 g/mol. The van der Waals surface area contributed by atoms with Gasteiger partial charge in [-0.1, -0.05) is 66.7 Å². The van der Waals surface area contributed by atoms with Crippen molar-refractivity contribution in [3.63, 3.8) is 0 Å². The number of hydrogen-bond donors (Lipinski definition) is 2. The number of para-hydroxylation sites is 2. The third kappa shape index (κ3) is 6.62. The van der Waals surface area contributed by atoms with E-state index in [1.807, 2.05) is 42.5 Å². The minimum absolute atomic E-state index is 0.106. The largest absolute Gasteiger partial charge is 0.453 e. The molecule has 0 spiro atoms. The van der Waals surface area contributed by atoms with E-state index in [9.17, 15) is 9.36 Å². The monoisotopic (exact) mass is 480 g/mol. The van der Waals surface area contributed by atoms with Crippen molar-refractivity contribution in [1.29, 1.82) is 0 Å². The summed E-state index contributed by atoms with van der Waals surface area (Å²) < 4.78 is 31.9. The molecule has 0 aliphatic carbocycles. The Labute approximate surface area is 200 Å². The molecule has 1 unspecified atom stereocenters. The molecule has 2 N–H and O–H groups in total. The van der Waals surface area contributed by atoms with Gasteiger partial charge in [0, 0.05) is 0 Å². The molecule has 178 valence electrons. The summed E-state index contributed by atoms with van der Waals surface area (Å²) in [7, 11) is -3.93. The quantitative estimate of drug-likeness (QED) is 0.389. The molecule has 3 aromatic carbocycles. The van der Waals surface area contributed by atoms with Gasteiger partial charge in [0.1, 0.15) is 18.1 Å². The summed E-state index contributed by atoms with van der Waals surface area (Å²) in [4.78, 5) is 12.8. The molecule has 34 heavy (non-hydrogen) atoms. The van der Waals surface area contributed by atoms with E-state index in [1.165, 1.54) is 0 Å². The van der Waals surface area contributed by atoms with Crippen molar-refractivity contribution in [1.82, 2.24) is 10.6 Å². The first kappa shape index (κ1) is 23.9. The van der Waals surface area contributed by atoms with Crippen molar-refractivity contribution in [2.75, 3.05) is 13.1 Å².